The zero-order valence-corrected chi connectivity index (χ0v) is 14.3. The molecule has 0 radical (unpaired) electrons. The lowest BCUT2D eigenvalue weighted by Crippen LogP contribution is -2.46. The molecule has 0 spiro atoms. The van der Waals surface area contributed by atoms with Crippen molar-refractivity contribution in [3.8, 4) is 0 Å². The Morgan fingerprint density at radius 2 is 1.70 bits per heavy atom. The number of fused-ring (bicyclic) bond motifs is 1. The highest BCUT2D eigenvalue weighted by Gasteiger charge is 2.41. The van der Waals surface area contributed by atoms with Crippen molar-refractivity contribution in [3.63, 3.8) is 0 Å². The van der Waals surface area contributed by atoms with Crippen LogP contribution >= 0.6 is 11.6 Å². The van der Waals surface area contributed by atoms with Crippen LogP contribution < -0.4 is 5.32 Å². The molecular weight excluding hydrogens is 383 g/mol. The van der Waals surface area contributed by atoms with Crippen LogP contribution in [0.25, 0.3) is 0 Å². The predicted molar refractivity (Wildman–Crippen MR) is 92.6 cm³/mol. The topological polar surface area (TPSA) is 63.0 Å². The van der Waals surface area contributed by atoms with E-state index < -0.39 is 29.9 Å². The number of carbonyl (C=O) groups is 1. The monoisotopic (exact) mass is 393 g/mol. The lowest BCUT2D eigenvalue weighted by Gasteiger charge is -2.24. The number of carbonyl (C=O) groups excluding carboxylic acids is 1. The van der Waals surface area contributed by atoms with Gasteiger partial charge in [-0.25, -0.2) is 0 Å². The van der Waals surface area contributed by atoms with Crippen LogP contribution in [0.4, 0.5) is 13.2 Å². The molecule has 0 saturated heterocycles. The van der Waals surface area contributed by atoms with Gasteiger partial charge in [0.2, 0.25) is 6.10 Å². The smallest absolute Gasteiger partial charge is 0.375 e. The molecule has 0 saturated carbocycles. The van der Waals surface area contributed by atoms with Crippen LogP contribution in [0.1, 0.15) is 22.9 Å². The van der Waals surface area contributed by atoms with Crippen LogP contribution in [0.3, 0.4) is 0 Å². The molecule has 5 nitrogen and oxygen atoms in total. The van der Waals surface area contributed by atoms with Gasteiger partial charge in [0, 0.05) is 10.6 Å². The first-order valence-corrected chi connectivity index (χ1v) is 8.26. The Kier molecular flexibility index (Phi) is 4.15. The Hall–Kier alpha value is -2.87. The van der Waals surface area contributed by atoms with Crippen LogP contribution in [-0.2, 0) is 15.8 Å². The molecule has 2 aliphatic rings. The number of oxime groups is 1. The molecule has 0 fully saturated rings. The summed E-state index contributed by atoms with van der Waals surface area (Å²) >= 11 is 5.88. The van der Waals surface area contributed by atoms with E-state index in [-0.39, 0.29) is 0 Å². The fourth-order valence-corrected chi connectivity index (χ4v) is 2.96. The van der Waals surface area contributed by atoms with E-state index in [2.05, 4.69) is 15.5 Å². The first kappa shape index (κ1) is 17.5. The number of hydrogen-bond acceptors (Lipinski definition) is 4. The van der Waals surface area contributed by atoms with Crippen molar-refractivity contribution in [2.45, 2.75) is 18.4 Å². The maximum absolute atomic E-state index is 12.7. The fourth-order valence-electron chi connectivity index (χ4n) is 2.83. The number of aliphatic imine (C=N–C) groups is 1. The quantitative estimate of drug-likeness (QED) is 0.845. The van der Waals surface area contributed by atoms with E-state index in [4.69, 9.17) is 16.4 Å². The van der Waals surface area contributed by atoms with Crippen LogP contribution in [0, 0.1) is 0 Å². The van der Waals surface area contributed by atoms with Gasteiger partial charge >= 0.3 is 6.18 Å². The number of nitrogens with one attached hydrogen (secondary N) is 1. The molecule has 2 atom stereocenters. The van der Waals surface area contributed by atoms with Crippen molar-refractivity contribution in [2.75, 3.05) is 0 Å². The van der Waals surface area contributed by atoms with Gasteiger partial charge in [-0.1, -0.05) is 41.0 Å². The molecule has 2 aromatic carbocycles. The second-order valence-corrected chi connectivity index (χ2v) is 6.41. The number of amides is 1. The molecule has 0 bridgehead atoms. The molecule has 0 aromatic heterocycles. The molecule has 1 N–H and O–H groups in total. The first-order valence-electron chi connectivity index (χ1n) is 7.88. The predicted octanol–water partition coefficient (Wildman–Crippen LogP) is 3.73. The minimum atomic E-state index is -4.43. The number of hydrogen-bond donors (Lipinski definition) is 1. The van der Waals surface area contributed by atoms with Gasteiger partial charge in [0.25, 0.3) is 5.91 Å². The van der Waals surface area contributed by atoms with Crippen molar-refractivity contribution in [1.82, 2.24) is 5.32 Å². The molecule has 138 valence electrons. The molecule has 9 heteroatoms. The molecule has 1 amide bonds. The van der Waals surface area contributed by atoms with Crippen molar-refractivity contribution < 1.29 is 22.8 Å². The third-order valence-electron chi connectivity index (χ3n) is 4.20. The first-order chi connectivity index (χ1) is 12.8. The minimum absolute atomic E-state index is 0.325. The van der Waals surface area contributed by atoms with Crippen LogP contribution in [0.5, 0.6) is 0 Å². The van der Waals surface area contributed by atoms with Gasteiger partial charge < -0.3 is 10.2 Å². The molecular formula is C18H11ClF3N3O2. The highest BCUT2D eigenvalue weighted by Crippen LogP contribution is 2.31. The summed E-state index contributed by atoms with van der Waals surface area (Å²) in [6.07, 6.45) is -6.24. The van der Waals surface area contributed by atoms with Crippen molar-refractivity contribution in [3.05, 3.63) is 70.2 Å². The largest absolute Gasteiger partial charge is 0.416 e. The number of nitrogens with zero attached hydrogens (tertiary/aromatic N) is 2. The van der Waals surface area contributed by atoms with E-state index in [0.29, 0.717) is 27.6 Å². The van der Waals surface area contributed by atoms with Crippen molar-refractivity contribution in [1.29, 1.82) is 0 Å². The minimum Gasteiger partial charge on any atom is -0.375 e. The zero-order chi connectivity index (χ0) is 19.2. The van der Waals surface area contributed by atoms with Crippen molar-refractivity contribution in [2.24, 2.45) is 10.1 Å². The highest BCUT2D eigenvalue weighted by atomic mass is 35.5. The summed E-state index contributed by atoms with van der Waals surface area (Å²) < 4.78 is 38.2. The SMILES string of the molecule is O=C1NC(c2ccc(C(F)(F)F)cc2)N=C2C(c3ccc(Cl)cc3)=NOC12. The van der Waals surface area contributed by atoms with Gasteiger partial charge in [-0.05, 0) is 29.8 Å². The van der Waals surface area contributed by atoms with Crippen LogP contribution in [0.15, 0.2) is 58.7 Å². The lowest BCUT2D eigenvalue weighted by molar-refractivity contribution is -0.137. The third-order valence-corrected chi connectivity index (χ3v) is 4.45. The maximum Gasteiger partial charge on any atom is 0.416 e. The molecule has 2 heterocycles. The van der Waals surface area contributed by atoms with Gasteiger partial charge in [-0.2, -0.15) is 13.2 Å². The molecule has 0 aliphatic carbocycles. The van der Waals surface area contributed by atoms with Gasteiger partial charge in [0.15, 0.2) is 0 Å². The fraction of sp³-hybridized carbons (Fsp3) is 0.167. The molecule has 2 unspecified atom stereocenters. The lowest BCUT2D eigenvalue weighted by atomic mass is 9.99. The average molecular weight is 394 g/mol. The number of alkyl halides is 3. The van der Waals surface area contributed by atoms with Gasteiger partial charge in [0.05, 0.1) is 5.56 Å². The van der Waals surface area contributed by atoms with E-state index in [1.165, 1.54) is 12.1 Å². The van der Waals surface area contributed by atoms with E-state index in [1.807, 2.05) is 0 Å². The Balaban J connectivity index is 1.67. The van der Waals surface area contributed by atoms with E-state index in [1.54, 1.807) is 24.3 Å². The molecule has 27 heavy (non-hydrogen) atoms. The molecule has 2 aromatic rings. The average Bonchev–Trinajstić information content (AvgIpc) is 3.06. The Morgan fingerprint density at radius 1 is 1.04 bits per heavy atom. The summed E-state index contributed by atoms with van der Waals surface area (Å²) in [6.45, 7) is 0. The second kappa shape index (κ2) is 6.38. The van der Waals surface area contributed by atoms with E-state index in [9.17, 15) is 18.0 Å². The number of rotatable bonds is 2. The molecule has 4 rings (SSSR count). The standard InChI is InChI=1S/C18H11ClF3N3O2/c19-12-7-3-9(4-8-12)13-14-15(27-25-13)17(26)24-16(23-14)10-1-5-11(6-2-10)18(20,21)22/h1-8,15-16H,(H,24,26). The van der Waals surface area contributed by atoms with Gasteiger partial charge in [-0.3, -0.25) is 9.79 Å². The summed E-state index contributed by atoms with van der Waals surface area (Å²) in [7, 11) is 0. The summed E-state index contributed by atoms with van der Waals surface area (Å²) in [6, 6.07) is 11.2. The Labute approximate surface area is 156 Å². The van der Waals surface area contributed by atoms with Gasteiger partial charge in [-0.15, -0.1) is 0 Å². The third kappa shape index (κ3) is 3.28. The molecule has 2 aliphatic heterocycles. The Morgan fingerprint density at radius 3 is 2.33 bits per heavy atom. The summed E-state index contributed by atoms with van der Waals surface area (Å²) in [5, 5.41) is 7.10. The van der Waals surface area contributed by atoms with E-state index >= 15 is 0 Å². The van der Waals surface area contributed by atoms with Crippen LogP contribution in [-0.4, -0.2) is 23.4 Å². The number of halogens is 4. The number of benzene rings is 2. The van der Waals surface area contributed by atoms with Crippen molar-refractivity contribution >= 4 is 28.9 Å². The maximum atomic E-state index is 12.7. The van der Waals surface area contributed by atoms with E-state index in [0.717, 1.165) is 12.1 Å². The Bertz CT molecular complexity index is 953. The summed E-state index contributed by atoms with van der Waals surface area (Å²) in [5.41, 5.74) is 1.03. The zero-order valence-electron chi connectivity index (χ0n) is 13.5. The van der Waals surface area contributed by atoms with Gasteiger partial charge in [0.1, 0.15) is 17.6 Å². The summed E-state index contributed by atoms with van der Waals surface area (Å²) in [4.78, 5) is 22.0. The van der Waals surface area contributed by atoms with Crippen LogP contribution in [0.2, 0.25) is 5.02 Å². The second-order valence-electron chi connectivity index (χ2n) is 5.98. The normalized spacial score (nSPS) is 21.7. The highest BCUT2D eigenvalue weighted by molar-refractivity contribution is 6.53. The summed E-state index contributed by atoms with van der Waals surface area (Å²) in [5.74, 6) is -0.461.